The van der Waals surface area contributed by atoms with Crippen molar-refractivity contribution < 1.29 is 14.4 Å². The molecule has 0 spiro atoms. The van der Waals surface area contributed by atoms with Crippen LogP contribution in [-0.2, 0) is 22.4 Å². The molecule has 1 saturated carbocycles. The molecule has 2 aliphatic carbocycles. The first-order valence-electron chi connectivity index (χ1n) is 9.54. The number of likely N-dealkylation sites (tertiary alicyclic amines) is 1. The van der Waals surface area contributed by atoms with Crippen LogP contribution >= 0.6 is 11.3 Å². The Hall–Kier alpha value is -1.89. The predicted molar refractivity (Wildman–Crippen MR) is 100 cm³/mol. The third-order valence-corrected chi connectivity index (χ3v) is 6.82. The Kier molecular flexibility index (Phi) is 4.73. The average Bonchev–Trinajstić information content (AvgIpc) is 3.20. The number of nitrogens with zero attached hydrogens (tertiary/aromatic N) is 1. The Morgan fingerprint density at radius 3 is 2.46 bits per heavy atom. The maximum absolute atomic E-state index is 12.7. The van der Waals surface area contributed by atoms with Gasteiger partial charge in [-0.2, -0.15) is 0 Å². The van der Waals surface area contributed by atoms with E-state index >= 15 is 0 Å². The van der Waals surface area contributed by atoms with E-state index in [1.165, 1.54) is 4.88 Å². The Labute approximate surface area is 157 Å². The topological polar surface area (TPSA) is 78.5 Å². The molecule has 3 amide bonds. The average molecular weight is 375 g/mol. The molecule has 2 N–H and O–H groups in total. The van der Waals surface area contributed by atoms with Crippen molar-refractivity contribution in [2.24, 2.45) is 5.92 Å². The quantitative estimate of drug-likeness (QED) is 0.848. The third-order valence-electron chi connectivity index (χ3n) is 5.61. The fraction of sp³-hybridized carbons (Fsp3) is 0.632. The van der Waals surface area contributed by atoms with Crippen molar-refractivity contribution in [3.63, 3.8) is 0 Å². The number of amides is 3. The Balaban J connectivity index is 1.47. The van der Waals surface area contributed by atoms with Gasteiger partial charge in [-0.15, -0.1) is 11.3 Å². The van der Waals surface area contributed by atoms with Crippen molar-refractivity contribution >= 4 is 34.1 Å². The number of hydrogen-bond acceptors (Lipinski definition) is 4. The van der Waals surface area contributed by atoms with E-state index in [4.69, 9.17) is 0 Å². The Morgan fingerprint density at radius 1 is 1.08 bits per heavy atom. The maximum Gasteiger partial charge on any atom is 0.254 e. The number of hydrogen-bond donors (Lipinski definition) is 2. The van der Waals surface area contributed by atoms with E-state index in [2.05, 4.69) is 10.6 Å². The van der Waals surface area contributed by atoms with E-state index < -0.39 is 0 Å². The van der Waals surface area contributed by atoms with Crippen LogP contribution in [0.5, 0.6) is 0 Å². The van der Waals surface area contributed by atoms with Crippen LogP contribution in [0.15, 0.2) is 0 Å². The largest absolute Gasteiger partial charge is 0.349 e. The summed E-state index contributed by atoms with van der Waals surface area (Å²) < 4.78 is 0. The summed E-state index contributed by atoms with van der Waals surface area (Å²) in [5, 5.41) is 6.83. The number of fused-ring (bicyclic) bond motifs is 1. The number of carbonyl (C=O) groups excluding carboxylic acids is 3. The van der Waals surface area contributed by atoms with E-state index in [-0.39, 0.29) is 23.6 Å². The molecule has 7 heteroatoms. The van der Waals surface area contributed by atoms with Crippen molar-refractivity contribution in [3.8, 4) is 0 Å². The number of aryl methyl sites for hydroxylation is 1. The first kappa shape index (κ1) is 17.5. The van der Waals surface area contributed by atoms with E-state index in [0.29, 0.717) is 42.5 Å². The minimum absolute atomic E-state index is 0.0198. The SMILES string of the molecule is CC(=O)N1CCC(C(=O)Nc2sc3c(c2C(=O)NC2CC2)CCC3)CC1. The molecule has 2 heterocycles. The molecule has 0 bridgehead atoms. The fourth-order valence-corrected chi connectivity index (χ4v) is 5.18. The Bertz CT molecular complexity index is 745. The number of carbonyl (C=O) groups is 3. The lowest BCUT2D eigenvalue weighted by Crippen LogP contribution is -2.40. The fourth-order valence-electron chi connectivity index (χ4n) is 3.89. The molecule has 2 fully saturated rings. The summed E-state index contributed by atoms with van der Waals surface area (Å²) in [6.45, 7) is 2.82. The highest BCUT2D eigenvalue weighted by molar-refractivity contribution is 7.17. The normalized spacial score (nSPS) is 20.0. The highest BCUT2D eigenvalue weighted by atomic mass is 32.1. The number of thiophene rings is 1. The van der Waals surface area contributed by atoms with Gasteiger partial charge < -0.3 is 15.5 Å². The third kappa shape index (κ3) is 3.49. The summed E-state index contributed by atoms with van der Waals surface area (Å²) in [7, 11) is 0. The minimum atomic E-state index is -0.0955. The van der Waals surface area contributed by atoms with E-state index in [0.717, 1.165) is 37.7 Å². The summed E-state index contributed by atoms with van der Waals surface area (Å²) in [6.07, 6.45) is 6.47. The summed E-state index contributed by atoms with van der Waals surface area (Å²) in [4.78, 5) is 39.9. The van der Waals surface area contributed by atoms with Crippen LogP contribution in [0.3, 0.4) is 0 Å². The molecule has 26 heavy (non-hydrogen) atoms. The standard InChI is InChI=1S/C19H25N3O3S/c1-11(23)22-9-7-12(8-10-22)17(24)21-19-16(18(25)20-13-5-6-13)14-3-2-4-15(14)26-19/h12-13H,2-10H2,1H3,(H,20,25)(H,21,24). The molecule has 1 saturated heterocycles. The molecule has 0 atom stereocenters. The lowest BCUT2D eigenvalue weighted by molar-refractivity contribution is -0.132. The van der Waals surface area contributed by atoms with Gasteiger partial charge in [0.05, 0.1) is 5.56 Å². The molecule has 0 unspecified atom stereocenters. The van der Waals surface area contributed by atoms with Gasteiger partial charge in [-0.05, 0) is 50.5 Å². The first-order chi connectivity index (χ1) is 12.5. The van der Waals surface area contributed by atoms with Gasteiger partial charge in [0.25, 0.3) is 5.91 Å². The van der Waals surface area contributed by atoms with Crippen LogP contribution in [0.1, 0.15) is 59.8 Å². The lowest BCUT2D eigenvalue weighted by Gasteiger charge is -2.30. The highest BCUT2D eigenvalue weighted by Gasteiger charge is 2.32. The lowest BCUT2D eigenvalue weighted by atomic mass is 9.96. The van der Waals surface area contributed by atoms with Gasteiger partial charge in [0.2, 0.25) is 11.8 Å². The molecule has 6 nitrogen and oxygen atoms in total. The molecule has 0 aromatic carbocycles. The van der Waals surface area contributed by atoms with Gasteiger partial charge in [0, 0.05) is 36.9 Å². The van der Waals surface area contributed by atoms with Crippen molar-refractivity contribution in [1.82, 2.24) is 10.2 Å². The molecule has 1 aromatic rings. The Morgan fingerprint density at radius 2 is 1.81 bits per heavy atom. The van der Waals surface area contributed by atoms with Crippen LogP contribution < -0.4 is 10.6 Å². The number of anilines is 1. The van der Waals surface area contributed by atoms with E-state index in [9.17, 15) is 14.4 Å². The molecule has 1 aromatic heterocycles. The summed E-state index contributed by atoms with van der Waals surface area (Å²) in [5.41, 5.74) is 1.83. The molecule has 140 valence electrons. The van der Waals surface area contributed by atoms with Gasteiger partial charge in [-0.25, -0.2) is 0 Å². The van der Waals surface area contributed by atoms with Crippen LogP contribution in [0, 0.1) is 5.92 Å². The van der Waals surface area contributed by atoms with Gasteiger partial charge in [0.1, 0.15) is 5.00 Å². The molecule has 0 radical (unpaired) electrons. The zero-order valence-corrected chi connectivity index (χ0v) is 15.9. The minimum Gasteiger partial charge on any atom is -0.349 e. The monoisotopic (exact) mass is 375 g/mol. The van der Waals surface area contributed by atoms with Gasteiger partial charge in [0.15, 0.2) is 0 Å². The zero-order valence-electron chi connectivity index (χ0n) is 15.1. The maximum atomic E-state index is 12.7. The second-order valence-electron chi connectivity index (χ2n) is 7.58. The number of nitrogens with one attached hydrogen (secondary N) is 2. The summed E-state index contributed by atoms with van der Waals surface area (Å²) >= 11 is 1.56. The van der Waals surface area contributed by atoms with E-state index in [1.54, 1.807) is 23.2 Å². The second-order valence-corrected chi connectivity index (χ2v) is 8.68. The van der Waals surface area contributed by atoms with Crippen LogP contribution in [0.4, 0.5) is 5.00 Å². The van der Waals surface area contributed by atoms with Crippen molar-refractivity contribution in [1.29, 1.82) is 0 Å². The molecule has 4 rings (SSSR count). The second kappa shape index (κ2) is 7.02. The number of piperidine rings is 1. The molecular formula is C19H25N3O3S. The smallest absolute Gasteiger partial charge is 0.254 e. The van der Waals surface area contributed by atoms with Gasteiger partial charge in [-0.3, -0.25) is 14.4 Å². The predicted octanol–water partition coefficient (Wildman–Crippen LogP) is 2.33. The van der Waals surface area contributed by atoms with Crippen LogP contribution in [0.25, 0.3) is 0 Å². The molecular weight excluding hydrogens is 350 g/mol. The van der Waals surface area contributed by atoms with Crippen LogP contribution in [-0.4, -0.2) is 41.8 Å². The van der Waals surface area contributed by atoms with Crippen molar-refractivity contribution in [2.45, 2.75) is 57.9 Å². The van der Waals surface area contributed by atoms with Crippen molar-refractivity contribution in [2.75, 3.05) is 18.4 Å². The first-order valence-corrected chi connectivity index (χ1v) is 10.4. The summed E-state index contributed by atoms with van der Waals surface area (Å²) in [5.74, 6) is -0.0818. The molecule has 3 aliphatic rings. The number of rotatable bonds is 4. The zero-order chi connectivity index (χ0) is 18.3. The van der Waals surface area contributed by atoms with E-state index in [1.807, 2.05) is 0 Å². The van der Waals surface area contributed by atoms with Gasteiger partial charge >= 0.3 is 0 Å². The van der Waals surface area contributed by atoms with Crippen molar-refractivity contribution in [3.05, 3.63) is 16.0 Å². The summed E-state index contributed by atoms with van der Waals surface area (Å²) in [6, 6.07) is 0.305. The highest BCUT2D eigenvalue weighted by Crippen LogP contribution is 2.40. The van der Waals surface area contributed by atoms with Gasteiger partial charge in [-0.1, -0.05) is 0 Å². The van der Waals surface area contributed by atoms with Crippen LogP contribution in [0.2, 0.25) is 0 Å². The molecule has 1 aliphatic heterocycles.